The maximum atomic E-state index is 12.4. The lowest BCUT2D eigenvalue weighted by Crippen LogP contribution is -2.30. The molecule has 25 heavy (non-hydrogen) atoms. The molecule has 0 spiro atoms. The third-order valence-electron chi connectivity index (χ3n) is 3.80. The summed E-state index contributed by atoms with van der Waals surface area (Å²) < 4.78 is 1.05. The van der Waals surface area contributed by atoms with Gasteiger partial charge in [0.15, 0.2) is 0 Å². The molecule has 2 aromatic carbocycles. The van der Waals surface area contributed by atoms with Crippen LogP contribution in [0, 0.1) is 0 Å². The number of fused-ring (bicyclic) bond motifs is 2. The number of anilines is 1. The van der Waals surface area contributed by atoms with E-state index in [2.05, 4.69) is 20.6 Å². The van der Waals surface area contributed by atoms with Gasteiger partial charge in [-0.3, -0.25) is 14.6 Å². The van der Waals surface area contributed by atoms with Crippen LogP contribution in [0.15, 0.2) is 65.6 Å². The van der Waals surface area contributed by atoms with Crippen molar-refractivity contribution in [3.8, 4) is 0 Å². The maximum Gasteiger partial charge on any atom is 0.278 e. The Bertz CT molecular complexity index is 1150. The summed E-state index contributed by atoms with van der Waals surface area (Å²) in [4.78, 5) is 28.9. The van der Waals surface area contributed by atoms with Gasteiger partial charge in [-0.2, -0.15) is 0 Å². The molecule has 4 aromatic rings. The van der Waals surface area contributed by atoms with Crippen LogP contribution in [-0.4, -0.2) is 25.9 Å². The van der Waals surface area contributed by atoms with Gasteiger partial charge in [-0.1, -0.05) is 35.5 Å². The minimum atomic E-state index is -0.372. The van der Waals surface area contributed by atoms with E-state index in [1.807, 2.05) is 30.3 Å². The predicted octanol–water partition coefficient (Wildman–Crippen LogP) is 1.98. The van der Waals surface area contributed by atoms with Crippen molar-refractivity contribution in [2.45, 2.75) is 6.54 Å². The maximum absolute atomic E-state index is 12.4. The van der Waals surface area contributed by atoms with E-state index >= 15 is 0 Å². The van der Waals surface area contributed by atoms with Crippen LogP contribution < -0.4 is 10.9 Å². The van der Waals surface area contributed by atoms with Crippen molar-refractivity contribution in [1.82, 2.24) is 20.0 Å². The zero-order chi connectivity index (χ0) is 17.2. The molecule has 0 aliphatic carbocycles. The number of nitrogens with one attached hydrogen (secondary N) is 1. The Balaban J connectivity index is 1.57. The number of amides is 1. The summed E-state index contributed by atoms with van der Waals surface area (Å²) in [5, 5.41) is 11.9. The molecule has 0 bridgehead atoms. The second kappa shape index (κ2) is 6.12. The Labute approximate surface area is 141 Å². The Morgan fingerprint density at radius 2 is 1.80 bits per heavy atom. The van der Waals surface area contributed by atoms with Gasteiger partial charge in [0, 0.05) is 5.39 Å². The lowest BCUT2D eigenvalue weighted by atomic mass is 10.2. The highest BCUT2D eigenvalue weighted by Gasteiger charge is 2.10. The van der Waals surface area contributed by atoms with Crippen molar-refractivity contribution < 1.29 is 4.79 Å². The second-order valence-electron chi connectivity index (χ2n) is 5.53. The number of hydrogen-bond acceptors (Lipinski definition) is 5. The third-order valence-corrected chi connectivity index (χ3v) is 3.80. The van der Waals surface area contributed by atoms with Gasteiger partial charge in [0.1, 0.15) is 12.1 Å². The summed E-state index contributed by atoms with van der Waals surface area (Å²) in [7, 11) is 0. The van der Waals surface area contributed by atoms with Gasteiger partial charge in [0.2, 0.25) is 5.91 Å². The standard InChI is InChI=1S/C18H13N5O2/c24-17(20-13-9-12-5-1-3-7-15(12)19-10-13)11-23-18(25)14-6-2-4-8-16(14)21-22-23/h1-10H,11H2,(H,20,24). The molecule has 0 saturated carbocycles. The monoisotopic (exact) mass is 331 g/mol. The van der Waals surface area contributed by atoms with Crippen molar-refractivity contribution in [3.05, 3.63) is 71.1 Å². The molecule has 0 saturated heterocycles. The molecule has 1 N–H and O–H groups in total. The molecular weight excluding hydrogens is 318 g/mol. The van der Waals surface area contributed by atoms with Crippen molar-refractivity contribution in [2.24, 2.45) is 0 Å². The number of aromatic nitrogens is 4. The predicted molar refractivity (Wildman–Crippen MR) is 94.2 cm³/mol. The van der Waals surface area contributed by atoms with E-state index in [0.29, 0.717) is 16.6 Å². The summed E-state index contributed by atoms with van der Waals surface area (Å²) in [6, 6.07) is 16.3. The summed E-state index contributed by atoms with van der Waals surface area (Å²) in [6.45, 7) is -0.219. The van der Waals surface area contributed by atoms with E-state index in [1.165, 1.54) is 0 Å². The Morgan fingerprint density at radius 3 is 2.68 bits per heavy atom. The van der Waals surface area contributed by atoms with Crippen LogP contribution in [0.1, 0.15) is 0 Å². The average Bonchev–Trinajstić information content (AvgIpc) is 2.64. The first kappa shape index (κ1) is 14.9. The highest BCUT2D eigenvalue weighted by Crippen LogP contribution is 2.15. The lowest BCUT2D eigenvalue weighted by Gasteiger charge is -2.07. The van der Waals surface area contributed by atoms with Crippen molar-refractivity contribution >= 4 is 33.4 Å². The van der Waals surface area contributed by atoms with Gasteiger partial charge in [0.25, 0.3) is 5.56 Å². The van der Waals surface area contributed by atoms with Crippen molar-refractivity contribution in [3.63, 3.8) is 0 Å². The summed E-state index contributed by atoms with van der Waals surface area (Å²) >= 11 is 0. The number of hydrogen-bond donors (Lipinski definition) is 1. The number of carbonyl (C=O) groups is 1. The molecule has 7 heteroatoms. The number of nitrogens with zero attached hydrogens (tertiary/aromatic N) is 4. The first-order chi connectivity index (χ1) is 12.2. The van der Waals surface area contributed by atoms with Crippen molar-refractivity contribution in [2.75, 3.05) is 5.32 Å². The number of benzene rings is 2. The van der Waals surface area contributed by atoms with Crippen LogP contribution in [0.2, 0.25) is 0 Å². The van der Waals surface area contributed by atoms with Crippen LogP contribution in [0.25, 0.3) is 21.8 Å². The Morgan fingerprint density at radius 1 is 1.04 bits per heavy atom. The first-order valence-corrected chi connectivity index (χ1v) is 7.68. The topological polar surface area (TPSA) is 89.8 Å². The first-order valence-electron chi connectivity index (χ1n) is 7.68. The highest BCUT2D eigenvalue weighted by molar-refractivity contribution is 5.93. The van der Waals surface area contributed by atoms with Gasteiger partial charge in [-0.15, -0.1) is 5.10 Å². The number of carbonyl (C=O) groups excluding carboxylic acids is 1. The van der Waals surface area contributed by atoms with Crippen LogP contribution >= 0.6 is 0 Å². The van der Waals surface area contributed by atoms with E-state index in [0.717, 1.165) is 15.6 Å². The molecule has 0 aliphatic rings. The Hall–Kier alpha value is -3.61. The van der Waals surface area contributed by atoms with Crippen LogP contribution in [-0.2, 0) is 11.3 Å². The average molecular weight is 331 g/mol. The van der Waals surface area contributed by atoms with Crippen LogP contribution in [0.5, 0.6) is 0 Å². The minimum Gasteiger partial charge on any atom is -0.323 e. The molecule has 2 heterocycles. The molecule has 0 unspecified atom stereocenters. The molecule has 7 nitrogen and oxygen atoms in total. The molecule has 0 radical (unpaired) electrons. The second-order valence-corrected chi connectivity index (χ2v) is 5.53. The number of rotatable bonds is 3. The zero-order valence-electron chi connectivity index (χ0n) is 13.1. The third kappa shape index (κ3) is 2.94. The molecule has 0 atom stereocenters. The molecule has 0 fully saturated rings. The highest BCUT2D eigenvalue weighted by atomic mass is 16.2. The van der Waals surface area contributed by atoms with E-state index in [1.54, 1.807) is 30.5 Å². The SMILES string of the molecule is O=C(Cn1nnc2ccccc2c1=O)Nc1cnc2ccccc2c1. The van der Waals surface area contributed by atoms with Crippen LogP contribution in [0.4, 0.5) is 5.69 Å². The zero-order valence-corrected chi connectivity index (χ0v) is 13.1. The summed E-state index contributed by atoms with van der Waals surface area (Å²) in [5.74, 6) is -0.372. The van der Waals surface area contributed by atoms with E-state index in [-0.39, 0.29) is 18.0 Å². The fourth-order valence-corrected chi connectivity index (χ4v) is 2.60. The minimum absolute atomic E-state index is 0.219. The fourth-order valence-electron chi connectivity index (χ4n) is 2.60. The lowest BCUT2D eigenvalue weighted by molar-refractivity contribution is -0.117. The Kier molecular flexibility index (Phi) is 3.66. The van der Waals surface area contributed by atoms with Gasteiger partial charge < -0.3 is 5.32 Å². The van der Waals surface area contributed by atoms with Gasteiger partial charge in [-0.05, 0) is 24.3 Å². The van der Waals surface area contributed by atoms with E-state index in [4.69, 9.17) is 0 Å². The summed E-state index contributed by atoms with van der Waals surface area (Å²) in [6.07, 6.45) is 1.58. The van der Waals surface area contributed by atoms with Crippen LogP contribution in [0.3, 0.4) is 0 Å². The molecule has 0 aliphatic heterocycles. The number of para-hydroxylation sites is 1. The van der Waals surface area contributed by atoms with Gasteiger partial charge in [0.05, 0.1) is 22.8 Å². The smallest absolute Gasteiger partial charge is 0.278 e. The van der Waals surface area contributed by atoms with E-state index in [9.17, 15) is 9.59 Å². The largest absolute Gasteiger partial charge is 0.323 e. The fraction of sp³-hybridized carbons (Fsp3) is 0.0556. The molecule has 2 aromatic heterocycles. The quantitative estimate of drug-likeness (QED) is 0.620. The molecule has 4 rings (SSSR count). The molecule has 1 amide bonds. The molecule has 122 valence electrons. The van der Waals surface area contributed by atoms with Gasteiger partial charge in [-0.25, -0.2) is 4.68 Å². The van der Waals surface area contributed by atoms with Crippen molar-refractivity contribution in [1.29, 1.82) is 0 Å². The summed E-state index contributed by atoms with van der Waals surface area (Å²) in [5.41, 5.74) is 1.56. The van der Waals surface area contributed by atoms with E-state index < -0.39 is 0 Å². The van der Waals surface area contributed by atoms with Gasteiger partial charge >= 0.3 is 0 Å². The normalized spacial score (nSPS) is 10.9. The molecular formula is C18H13N5O2. The number of pyridine rings is 1.